The largest absolute Gasteiger partial charge is 0.503 e. The van der Waals surface area contributed by atoms with Gasteiger partial charge < -0.3 is 14.3 Å². The Bertz CT molecular complexity index is 1480. The lowest BCUT2D eigenvalue weighted by atomic mass is 9.95. The number of amides is 1. The molecule has 0 saturated carbocycles. The van der Waals surface area contributed by atoms with Gasteiger partial charge in [0, 0.05) is 23.8 Å². The normalized spacial score (nSPS) is 15.9. The van der Waals surface area contributed by atoms with E-state index in [1.54, 1.807) is 18.2 Å². The molecule has 2 aromatic carbocycles. The van der Waals surface area contributed by atoms with Gasteiger partial charge in [0.25, 0.3) is 5.91 Å². The minimum atomic E-state index is -1.26. The van der Waals surface area contributed by atoms with Gasteiger partial charge in [-0.15, -0.1) is 0 Å². The Morgan fingerprint density at radius 2 is 1.88 bits per heavy atom. The van der Waals surface area contributed by atoms with Gasteiger partial charge in [-0.1, -0.05) is 12.1 Å². The quantitative estimate of drug-likeness (QED) is 0.424. The van der Waals surface area contributed by atoms with E-state index in [-0.39, 0.29) is 11.3 Å². The summed E-state index contributed by atoms with van der Waals surface area (Å²) in [6, 6.07) is 10.9. The van der Waals surface area contributed by atoms with Gasteiger partial charge in [0.05, 0.1) is 24.4 Å². The van der Waals surface area contributed by atoms with Crippen LogP contribution in [0.1, 0.15) is 22.2 Å². The highest BCUT2D eigenvalue weighted by Gasteiger charge is 2.46. The molecule has 0 aliphatic carbocycles. The fourth-order valence-electron chi connectivity index (χ4n) is 4.06. The van der Waals surface area contributed by atoms with E-state index in [1.165, 1.54) is 37.7 Å². The fourth-order valence-corrected chi connectivity index (χ4v) is 4.06. The Hall–Kier alpha value is -4.53. The molecule has 0 fully saturated rings. The van der Waals surface area contributed by atoms with E-state index in [0.717, 1.165) is 23.1 Å². The zero-order valence-electron chi connectivity index (χ0n) is 17.7. The second kappa shape index (κ2) is 8.11. The standard InChI is InChI=1S/C25H16F2N2O5/c1-33-18-4-2-3-14-11-19(34-24(14)18)22(30)20-21(13-7-9-28-10-8-13)29(25(32)23(20)31)17-12-15(26)5-6-16(17)27/h2-12,21,31H,1H3. The Kier molecular flexibility index (Phi) is 5.09. The number of carbonyl (C=O) groups is 2. The average Bonchev–Trinajstić information content (AvgIpc) is 3.40. The van der Waals surface area contributed by atoms with Crippen molar-refractivity contribution >= 4 is 28.3 Å². The van der Waals surface area contributed by atoms with E-state index in [4.69, 9.17) is 9.15 Å². The summed E-state index contributed by atoms with van der Waals surface area (Å²) in [6.07, 6.45) is 2.84. The van der Waals surface area contributed by atoms with Crippen LogP contribution in [0.15, 0.2) is 82.7 Å². The van der Waals surface area contributed by atoms with Crippen LogP contribution in [0, 0.1) is 11.6 Å². The molecule has 1 N–H and O–H groups in total. The van der Waals surface area contributed by atoms with Crippen molar-refractivity contribution in [3.63, 3.8) is 0 Å². The maximum Gasteiger partial charge on any atom is 0.294 e. The van der Waals surface area contributed by atoms with Crippen LogP contribution in [0.3, 0.4) is 0 Å². The summed E-state index contributed by atoms with van der Waals surface area (Å²) in [6.45, 7) is 0. The van der Waals surface area contributed by atoms with E-state index >= 15 is 0 Å². The van der Waals surface area contributed by atoms with Crippen molar-refractivity contribution in [1.29, 1.82) is 0 Å². The molecule has 34 heavy (non-hydrogen) atoms. The topological polar surface area (TPSA) is 92.9 Å². The number of benzene rings is 2. The molecule has 1 aliphatic heterocycles. The number of rotatable bonds is 5. The van der Waals surface area contributed by atoms with Crippen molar-refractivity contribution in [3.8, 4) is 5.75 Å². The highest BCUT2D eigenvalue weighted by Crippen LogP contribution is 2.43. The zero-order valence-corrected chi connectivity index (χ0v) is 17.7. The Balaban J connectivity index is 1.68. The summed E-state index contributed by atoms with van der Waals surface area (Å²) in [5, 5.41) is 11.3. The minimum absolute atomic E-state index is 0.158. The first-order valence-corrected chi connectivity index (χ1v) is 10.1. The van der Waals surface area contributed by atoms with Crippen molar-refractivity contribution in [2.24, 2.45) is 0 Å². The molecule has 9 heteroatoms. The number of nitrogens with zero attached hydrogens (tertiary/aromatic N) is 2. The molecule has 7 nitrogen and oxygen atoms in total. The van der Waals surface area contributed by atoms with Crippen LogP contribution in [0.2, 0.25) is 0 Å². The van der Waals surface area contributed by atoms with Gasteiger partial charge in [-0.3, -0.25) is 19.5 Å². The van der Waals surface area contributed by atoms with Crippen LogP contribution < -0.4 is 9.64 Å². The number of furan rings is 1. The first-order chi connectivity index (χ1) is 16.4. The van der Waals surface area contributed by atoms with E-state index in [1.807, 2.05) is 0 Å². The second-order valence-electron chi connectivity index (χ2n) is 7.53. The third-order valence-corrected chi connectivity index (χ3v) is 5.59. The zero-order chi connectivity index (χ0) is 24.0. The van der Waals surface area contributed by atoms with Gasteiger partial charge >= 0.3 is 0 Å². The van der Waals surface area contributed by atoms with Gasteiger partial charge in [-0.05, 0) is 42.0 Å². The molecule has 5 rings (SSSR count). The highest BCUT2D eigenvalue weighted by atomic mass is 19.1. The number of anilines is 1. The number of aliphatic hydroxyl groups is 1. The minimum Gasteiger partial charge on any atom is -0.503 e. The number of methoxy groups -OCH3 is 1. The van der Waals surface area contributed by atoms with E-state index in [9.17, 15) is 23.5 Å². The molecule has 1 unspecified atom stereocenters. The average molecular weight is 462 g/mol. The van der Waals surface area contributed by atoms with Crippen LogP contribution >= 0.6 is 0 Å². The summed E-state index contributed by atoms with van der Waals surface area (Å²) in [4.78, 5) is 31.4. The molecule has 1 atom stereocenters. The van der Waals surface area contributed by atoms with E-state index < -0.39 is 40.8 Å². The van der Waals surface area contributed by atoms with Gasteiger partial charge in [-0.2, -0.15) is 0 Å². The predicted molar refractivity (Wildman–Crippen MR) is 118 cm³/mol. The summed E-state index contributed by atoms with van der Waals surface area (Å²) in [5.41, 5.74) is -0.0929. The summed E-state index contributed by atoms with van der Waals surface area (Å²) >= 11 is 0. The summed E-state index contributed by atoms with van der Waals surface area (Å²) in [5.74, 6) is -4.18. The van der Waals surface area contributed by atoms with Gasteiger partial charge in [-0.25, -0.2) is 8.78 Å². The lowest BCUT2D eigenvalue weighted by Gasteiger charge is -2.27. The van der Waals surface area contributed by atoms with Crippen molar-refractivity contribution in [2.75, 3.05) is 12.0 Å². The van der Waals surface area contributed by atoms with Crippen molar-refractivity contribution in [2.45, 2.75) is 6.04 Å². The van der Waals surface area contributed by atoms with Gasteiger partial charge in [0.1, 0.15) is 11.6 Å². The predicted octanol–water partition coefficient (Wildman–Crippen LogP) is 4.90. The number of aromatic nitrogens is 1. The number of carbonyl (C=O) groups excluding carboxylic acids is 2. The number of aliphatic hydroxyl groups excluding tert-OH is 1. The molecule has 4 aromatic rings. The summed E-state index contributed by atoms with van der Waals surface area (Å²) in [7, 11) is 1.45. The second-order valence-corrected chi connectivity index (χ2v) is 7.53. The van der Waals surface area contributed by atoms with Crippen molar-refractivity contribution in [3.05, 3.63) is 101 Å². The number of pyridine rings is 1. The highest BCUT2D eigenvalue weighted by molar-refractivity contribution is 6.20. The first-order valence-electron chi connectivity index (χ1n) is 10.1. The van der Waals surface area contributed by atoms with Crippen molar-refractivity contribution in [1.82, 2.24) is 4.98 Å². The van der Waals surface area contributed by atoms with Crippen LogP contribution in [0.4, 0.5) is 14.5 Å². The van der Waals surface area contributed by atoms with Gasteiger partial charge in [0.15, 0.2) is 22.9 Å². The van der Waals surface area contributed by atoms with Crippen LogP contribution in [-0.4, -0.2) is 28.9 Å². The van der Waals surface area contributed by atoms with Crippen molar-refractivity contribution < 1.29 is 32.6 Å². The molecule has 1 aliphatic rings. The molecule has 0 radical (unpaired) electrons. The van der Waals surface area contributed by atoms with Crippen LogP contribution in [0.25, 0.3) is 11.0 Å². The number of hydrogen-bond acceptors (Lipinski definition) is 6. The molecular weight excluding hydrogens is 446 g/mol. The monoisotopic (exact) mass is 462 g/mol. The molecule has 2 aromatic heterocycles. The first kappa shape index (κ1) is 21.3. The third kappa shape index (κ3) is 3.29. The molecular formula is C25H16F2N2O5. The molecule has 3 heterocycles. The molecule has 170 valence electrons. The molecule has 0 saturated heterocycles. The Morgan fingerprint density at radius 3 is 2.62 bits per heavy atom. The van der Waals surface area contributed by atoms with E-state index in [0.29, 0.717) is 22.3 Å². The van der Waals surface area contributed by atoms with Crippen LogP contribution in [0.5, 0.6) is 5.75 Å². The van der Waals surface area contributed by atoms with Crippen LogP contribution in [-0.2, 0) is 4.79 Å². The Morgan fingerprint density at radius 1 is 1.12 bits per heavy atom. The number of halogens is 2. The smallest absolute Gasteiger partial charge is 0.294 e. The van der Waals surface area contributed by atoms with E-state index in [2.05, 4.69) is 4.98 Å². The lowest BCUT2D eigenvalue weighted by molar-refractivity contribution is -0.117. The maximum atomic E-state index is 14.7. The number of ketones is 1. The molecule has 0 bridgehead atoms. The maximum absolute atomic E-state index is 14.7. The lowest BCUT2D eigenvalue weighted by Crippen LogP contribution is -2.32. The fraction of sp³-hybridized carbons (Fsp3) is 0.0800. The number of fused-ring (bicyclic) bond motifs is 1. The number of para-hydroxylation sites is 1. The Labute approximate surface area is 191 Å². The van der Waals surface area contributed by atoms with Gasteiger partial charge in [0.2, 0.25) is 5.78 Å². The summed E-state index contributed by atoms with van der Waals surface area (Å²) < 4.78 is 39.7. The molecule has 1 amide bonds. The number of Topliss-reactive ketones (excluding diaryl/α,β-unsaturated/α-hetero) is 1. The number of hydrogen-bond donors (Lipinski definition) is 1. The number of ether oxygens (including phenoxy) is 1. The SMILES string of the molecule is COc1cccc2cc(C(=O)C3=C(O)C(=O)N(c4cc(F)ccc4F)C3c3ccncc3)oc12. The third-order valence-electron chi connectivity index (χ3n) is 5.59. The molecule has 0 spiro atoms.